The first kappa shape index (κ1) is 22.6. The number of carbonyl (C=O) groups is 2. The van der Waals surface area contributed by atoms with Crippen molar-refractivity contribution in [2.75, 3.05) is 13.2 Å². The van der Waals surface area contributed by atoms with Crippen LogP contribution in [0.5, 0.6) is 0 Å². The molecule has 1 N–H and O–H groups in total. The lowest BCUT2D eigenvalue weighted by Crippen LogP contribution is -2.43. The molecule has 0 saturated heterocycles. The minimum absolute atomic E-state index is 0.0546. The average molecular weight is 397 g/mol. The second-order valence-corrected chi connectivity index (χ2v) is 7.24. The lowest BCUT2D eigenvalue weighted by Gasteiger charge is -2.31. The van der Waals surface area contributed by atoms with Crippen LogP contribution in [0.1, 0.15) is 50.8 Å². The Morgan fingerprint density at radius 1 is 1.00 bits per heavy atom. The van der Waals surface area contributed by atoms with Crippen molar-refractivity contribution in [3.05, 3.63) is 71.8 Å². The molecule has 5 nitrogen and oxygen atoms in total. The lowest BCUT2D eigenvalue weighted by atomic mass is 10.0. The Labute approximate surface area is 174 Å². The van der Waals surface area contributed by atoms with E-state index >= 15 is 0 Å². The SMILES string of the molecule is CCC(=O)N(Cc1ccccc1)C(C(=O)NCCCOC(C)C)c1ccccc1. The minimum Gasteiger partial charge on any atom is -0.379 e. The van der Waals surface area contributed by atoms with Crippen LogP contribution in [-0.2, 0) is 20.9 Å². The molecule has 29 heavy (non-hydrogen) atoms. The van der Waals surface area contributed by atoms with E-state index < -0.39 is 6.04 Å². The van der Waals surface area contributed by atoms with Crippen molar-refractivity contribution in [2.24, 2.45) is 0 Å². The van der Waals surface area contributed by atoms with Crippen LogP contribution >= 0.6 is 0 Å². The molecule has 2 rings (SSSR count). The highest BCUT2D eigenvalue weighted by Crippen LogP contribution is 2.24. The molecular formula is C24H32N2O3. The van der Waals surface area contributed by atoms with Crippen molar-refractivity contribution in [2.45, 2.75) is 52.3 Å². The molecule has 0 radical (unpaired) electrons. The summed E-state index contributed by atoms with van der Waals surface area (Å²) in [4.78, 5) is 27.6. The maximum atomic E-state index is 13.1. The highest BCUT2D eigenvalue weighted by molar-refractivity contribution is 5.88. The Balaban J connectivity index is 2.20. The summed E-state index contributed by atoms with van der Waals surface area (Å²) < 4.78 is 5.54. The quantitative estimate of drug-likeness (QED) is 0.582. The smallest absolute Gasteiger partial charge is 0.247 e. The fourth-order valence-electron chi connectivity index (χ4n) is 3.11. The van der Waals surface area contributed by atoms with Gasteiger partial charge in [-0.2, -0.15) is 0 Å². The van der Waals surface area contributed by atoms with E-state index in [0.29, 0.717) is 26.1 Å². The van der Waals surface area contributed by atoms with Gasteiger partial charge in [-0.05, 0) is 31.4 Å². The zero-order chi connectivity index (χ0) is 21.1. The van der Waals surface area contributed by atoms with Crippen molar-refractivity contribution in [3.63, 3.8) is 0 Å². The largest absolute Gasteiger partial charge is 0.379 e. The Bertz CT molecular complexity index is 747. The summed E-state index contributed by atoms with van der Waals surface area (Å²) in [6.45, 7) is 7.29. The molecule has 0 aliphatic rings. The molecule has 2 amide bonds. The van der Waals surface area contributed by atoms with E-state index in [-0.39, 0.29) is 17.9 Å². The fraction of sp³-hybridized carbons (Fsp3) is 0.417. The van der Waals surface area contributed by atoms with Gasteiger partial charge in [0.25, 0.3) is 0 Å². The number of hydrogen-bond donors (Lipinski definition) is 1. The van der Waals surface area contributed by atoms with Crippen LogP contribution in [0.15, 0.2) is 60.7 Å². The number of benzene rings is 2. The van der Waals surface area contributed by atoms with Crippen molar-refractivity contribution < 1.29 is 14.3 Å². The first-order valence-electron chi connectivity index (χ1n) is 10.3. The molecule has 5 heteroatoms. The zero-order valence-electron chi connectivity index (χ0n) is 17.6. The first-order valence-corrected chi connectivity index (χ1v) is 10.3. The van der Waals surface area contributed by atoms with Gasteiger partial charge in [-0.15, -0.1) is 0 Å². The van der Waals surface area contributed by atoms with Crippen LogP contribution in [0.4, 0.5) is 0 Å². The number of rotatable bonds is 11. The molecule has 2 aromatic carbocycles. The summed E-state index contributed by atoms with van der Waals surface area (Å²) in [6, 6.07) is 18.6. The van der Waals surface area contributed by atoms with Crippen LogP contribution in [-0.4, -0.2) is 36.0 Å². The van der Waals surface area contributed by atoms with Gasteiger partial charge in [0.15, 0.2) is 0 Å². The maximum Gasteiger partial charge on any atom is 0.247 e. The molecule has 0 fully saturated rings. The van der Waals surface area contributed by atoms with Crippen LogP contribution in [0, 0.1) is 0 Å². The number of ether oxygens (including phenoxy) is 1. The van der Waals surface area contributed by atoms with Gasteiger partial charge in [-0.25, -0.2) is 0 Å². The Morgan fingerprint density at radius 3 is 2.21 bits per heavy atom. The van der Waals surface area contributed by atoms with E-state index in [2.05, 4.69) is 5.32 Å². The van der Waals surface area contributed by atoms with Gasteiger partial charge in [0.05, 0.1) is 6.10 Å². The highest BCUT2D eigenvalue weighted by Gasteiger charge is 2.30. The third kappa shape index (κ3) is 7.35. The molecule has 0 saturated carbocycles. The van der Waals surface area contributed by atoms with Crippen molar-refractivity contribution in [3.8, 4) is 0 Å². The summed E-state index contributed by atoms with van der Waals surface area (Å²) in [7, 11) is 0. The number of carbonyl (C=O) groups excluding carboxylic acids is 2. The highest BCUT2D eigenvalue weighted by atomic mass is 16.5. The van der Waals surface area contributed by atoms with Crippen molar-refractivity contribution >= 4 is 11.8 Å². The molecule has 0 aliphatic heterocycles. The minimum atomic E-state index is -0.671. The molecular weight excluding hydrogens is 364 g/mol. The lowest BCUT2D eigenvalue weighted by molar-refractivity contribution is -0.141. The standard InChI is InChI=1S/C24H32N2O3/c1-4-22(27)26(18-20-12-7-5-8-13-20)23(21-14-9-6-10-15-21)24(28)25-16-11-17-29-19(2)3/h5-10,12-15,19,23H,4,11,16-18H2,1-3H3,(H,25,28). The molecule has 156 valence electrons. The van der Waals surface area contributed by atoms with Gasteiger partial charge >= 0.3 is 0 Å². The van der Waals surface area contributed by atoms with Crippen molar-refractivity contribution in [1.29, 1.82) is 0 Å². The molecule has 0 aromatic heterocycles. The van der Waals surface area contributed by atoms with E-state index in [4.69, 9.17) is 4.74 Å². The molecule has 0 heterocycles. The van der Waals surface area contributed by atoms with E-state index in [9.17, 15) is 9.59 Å². The Morgan fingerprint density at radius 2 is 1.62 bits per heavy atom. The van der Waals surface area contributed by atoms with Gasteiger partial charge < -0.3 is 15.0 Å². The summed E-state index contributed by atoms with van der Waals surface area (Å²) in [6.07, 6.45) is 1.24. The second kappa shape index (κ2) is 12.0. The van der Waals surface area contributed by atoms with E-state index in [1.165, 1.54) is 0 Å². The molecule has 0 spiro atoms. The third-order valence-corrected chi connectivity index (χ3v) is 4.57. The summed E-state index contributed by atoms with van der Waals surface area (Å²) in [5, 5.41) is 2.99. The van der Waals surface area contributed by atoms with E-state index in [1.54, 1.807) is 4.90 Å². The molecule has 1 atom stereocenters. The second-order valence-electron chi connectivity index (χ2n) is 7.24. The Kier molecular flexibility index (Phi) is 9.38. The molecule has 0 bridgehead atoms. The maximum absolute atomic E-state index is 13.1. The van der Waals surface area contributed by atoms with Gasteiger partial charge in [0, 0.05) is 26.1 Å². The number of hydrogen-bond acceptors (Lipinski definition) is 3. The molecule has 2 aromatic rings. The average Bonchev–Trinajstić information content (AvgIpc) is 2.73. The van der Waals surface area contributed by atoms with Gasteiger partial charge in [-0.1, -0.05) is 67.6 Å². The van der Waals surface area contributed by atoms with Gasteiger partial charge in [0.2, 0.25) is 11.8 Å². The van der Waals surface area contributed by atoms with E-state index in [1.807, 2.05) is 81.4 Å². The third-order valence-electron chi connectivity index (χ3n) is 4.57. The number of amides is 2. The summed E-state index contributed by atoms with van der Waals surface area (Å²) >= 11 is 0. The van der Waals surface area contributed by atoms with Crippen LogP contribution < -0.4 is 5.32 Å². The number of nitrogens with one attached hydrogen (secondary N) is 1. The fourth-order valence-corrected chi connectivity index (χ4v) is 3.11. The summed E-state index contributed by atoms with van der Waals surface area (Å²) in [5.41, 5.74) is 1.80. The summed E-state index contributed by atoms with van der Waals surface area (Å²) in [5.74, 6) is -0.223. The molecule has 1 unspecified atom stereocenters. The van der Waals surface area contributed by atoms with Crippen LogP contribution in [0.25, 0.3) is 0 Å². The predicted molar refractivity (Wildman–Crippen MR) is 115 cm³/mol. The normalized spacial score (nSPS) is 11.9. The van der Waals surface area contributed by atoms with Crippen molar-refractivity contribution in [1.82, 2.24) is 10.2 Å². The topological polar surface area (TPSA) is 58.6 Å². The van der Waals surface area contributed by atoms with Gasteiger partial charge in [-0.3, -0.25) is 9.59 Å². The predicted octanol–water partition coefficient (Wildman–Crippen LogP) is 4.10. The van der Waals surface area contributed by atoms with Crippen LogP contribution in [0.3, 0.4) is 0 Å². The van der Waals surface area contributed by atoms with Gasteiger partial charge in [0.1, 0.15) is 6.04 Å². The molecule has 0 aliphatic carbocycles. The number of nitrogens with zero attached hydrogens (tertiary/aromatic N) is 1. The Hall–Kier alpha value is -2.66. The van der Waals surface area contributed by atoms with Crippen LogP contribution in [0.2, 0.25) is 0 Å². The first-order chi connectivity index (χ1) is 14.0. The van der Waals surface area contributed by atoms with E-state index in [0.717, 1.165) is 17.5 Å². The zero-order valence-corrected chi connectivity index (χ0v) is 17.6. The monoisotopic (exact) mass is 396 g/mol.